The highest BCUT2D eigenvalue weighted by atomic mass is 16.4. The zero-order chi connectivity index (χ0) is 13.9. The van der Waals surface area contributed by atoms with E-state index in [1.54, 1.807) is 12.4 Å². The van der Waals surface area contributed by atoms with Crippen LogP contribution in [0, 0.1) is 6.92 Å². The van der Waals surface area contributed by atoms with Crippen molar-refractivity contribution in [3.8, 4) is 0 Å². The molecule has 0 aromatic carbocycles. The van der Waals surface area contributed by atoms with Gasteiger partial charge in [-0.2, -0.15) is 0 Å². The van der Waals surface area contributed by atoms with Crippen LogP contribution in [-0.4, -0.2) is 33.6 Å². The molecular weight excluding hydrogens is 242 g/mol. The number of carboxylic acids is 1. The molecule has 0 spiro atoms. The maximum atomic E-state index is 11.2. The van der Waals surface area contributed by atoms with Crippen LogP contribution in [0.5, 0.6) is 0 Å². The van der Waals surface area contributed by atoms with Crippen LogP contribution in [0.15, 0.2) is 12.4 Å². The van der Waals surface area contributed by atoms with Crippen LogP contribution >= 0.6 is 0 Å². The minimum atomic E-state index is -0.749. The summed E-state index contributed by atoms with van der Waals surface area (Å²) in [5.74, 6) is -0.130. The van der Waals surface area contributed by atoms with Gasteiger partial charge in [-0.05, 0) is 25.3 Å². The number of carboxylic acid groups (broad SMARTS) is 1. The van der Waals surface area contributed by atoms with Gasteiger partial charge in [0.1, 0.15) is 0 Å². The lowest BCUT2D eigenvalue weighted by molar-refractivity contribution is -0.138. The third-order valence-electron chi connectivity index (χ3n) is 4.04. The fraction of sp³-hybridized carbons (Fsp3) is 0.643. The SMILES string of the molecule is Cc1cnc(N(C)C2(CC(=O)O)CCCCC2)nc1. The fourth-order valence-corrected chi connectivity index (χ4v) is 2.89. The van der Waals surface area contributed by atoms with Crippen molar-refractivity contribution in [3.05, 3.63) is 18.0 Å². The second-order valence-corrected chi connectivity index (χ2v) is 5.47. The van der Waals surface area contributed by atoms with Gasteiger partial charge in [0.25, 0.3) is 0 Å². The lowest BCUT2D eigenvalue weighted by atomic mass is 9.78. The summed E-state index contributed by atoms with van der Waals surface area (Å²) >= 11 is 0. The molecule has 5 heteroatoms. The Morgan fingerprint density at radius 1 is 1.32 bits per heavy atom. The van der Waals surface area contributed by atoms with E-state index in [4.69, 9.17) is 0 Å². The van der Waals surface area contributed by atoms with Gasteiger partial charge < -0.3 is 10.0 Å². The standard InChI is InChI=1S/C14H21N3O2/c1-11-9-15-13(16-10-11)17(2)14(8-12(18)19)6-4-3-5-7-14/h9-10H,3-8H2,1-2H3,(H,18,19). The van der Waals surface area contributed by atoms with Crippen molar-refractivity contribution in [1.29, 1.82) is 0 Å². The van der Waals surface area contributed by atoms with E-state index >= 15 is 0 Å². The smallest absolute Gasteiger partial charge is 0.305 e. The number of hydrogen-bond donors (Lipinski definition) is 1. The van der Waals surface area contributed by atoms with Crippen LogP contribution in [0.4, 0.5) is 5.95 Å². The number of nitrogens with zero attached hydrogens (tertiary/aromatic N) is 3. The molecule has 104 valence electrons. The quantitative estimate of drug-likeness (QED) is 0.903. The van der Waals surface area contributed by atoms with Crippen LogP contribution in [0.1, 0.15) is 44.1 Å². The Balaban J connectivity index is 2.26. The first-order valence-electron chi connectivity index (χ1n) is 6.78. The fourth-order valence-electron chi connectivity index (χ4n) is 2.89. The Kier molecular flexibility index (Phi) is 4.02. The molecule has 1 N–H and O–H groups in total. The molecule has 5 nitrogen and oxygen atoms in total. The molecule has 19 heavy (non-hydrogen) atoms. The molecule has 1 saturated carbocycles. The summed E-state index contributed by atoms with van der Waals surface area (Å²) in [5, 5.41) is 9.20. The van der Waals surface area contributed by atoms with E-state index in [1.165, 1.54) is 6.42 Å². The monoisotopic (exact) mass is 263 g/mol. The highest BCUT2D eigenvalue weighted by Crippen LogP contribution is 2.37. The Hall–Kier alpha value is -1.65. The second kappa shape index (κ2) is 5.55. The lowest BCUT2D eigenvalue weighted by Gasteiger charge is -2.43. The van der Waals surface area contributed by atoms with Crippen molar-refractivity contribution in [2.75, 3.05) is 11.9 Å². The molecular formula is C14H21N3O2. The van der Waals surface area contributed by atoms with Crippen LogP contribution in [0.2, 0.25) is 0 Å². The molecule has 0 amide bonds. The topological polar surface area (TPSA) is 66.3 Å². The van der Waals surface area contributed by atoms with Gasteiger partial charge in [0.15, 0.2) is 0 Å². The van der Waals surface area contributed by atoms with E-state index < -0.39 is 5.97 Å². The number of rotatable bonds is 4. The predicted molar refractivity (Wildman–Crippen MR) is 73.2 cm³/mol. The highest BCUT2D eigenvalue weighted by molar-refractivity contribution is 5.69. The van der Waals surface area contributed by atoms with Crippen LogP contribution in [0.3, 0.4) is 0 Å². The Labute approximate surface area is 113 Å². The first kappa shape index (κ1) is 13.8. The summed E-state index contributed by atoms with van der Waals surface area (Å²) < 4.78 is 0. The molecule has 1 aliphatic carbocycles. The van der Waals surface area contributed by atoms with E-state index in [0.29, 0.717) is 5.95 Å². The second-order valence-electron chi connectivity index (χ2n) is 5.47. The van der Waals surface area contributed by atoms with Gasteiger partial charge in [-0.1, -0.05) is 19.3 Å². The van der Waals surface area contributed by atoms with Gasteiger partial charge in [-0.15, -0.1) is 0 Å². The molecule has 0 radical (unpaired) electrons. The normalized spacial score (nSPS) is 18.0. The summed E-state index contributed by atoms with van der Waals surface area (Å²) in [6, 6.07) is 0. The van der Waals surface area contributed by atoms with Gasteiger partial charge in [0.2, 0.25) is 5.95 Å². The summed E-state index contributed by atoms with van der Waals surface area (Å²) in [5.41, 5.74) is 0.673. The molecule has 0 aliphatic heterocycles. The Morgan fingerprint density at radius 3 is 2.42 bits per heavy atom. The molecule has 2 rings (SSSR count). The van der Waals surface area contributed by atoms with E-state index in [0.717, 1.165) is 31.2 Å². The highest BCUT2D eigenvalue weighted by Gasteiger charge is 2.39. The Morgan fingerprint density at radius 2 is 1.89 bits per heavy atom. The number of carbonyl (C=O) groups is 1. The summed E-state index contributed by atoms with van der Waals surface area (Å²) in [6.07, 6.45) is 8.82. The number of aryl methyl sites for hydroxylation is 1. The number of aliphatic carboxylic acids is 1. The van der Waals surface area contributed by atoms with E-state index in [1.807, 2.05) is 18.9 Å². The van der Waals surface area contributed by atoms with Gasteiger partial charge in [-0.25, -0.2) is 9.97 Å². The lowest BCUT2D eigenvalue weighted by Crippen LogP contribution is -2.50. The zero-order valence-electron chi connectivity index (χ0n) is 11.6. The van der Waals surface area contributed by atoms with Crippen molar-refractivity contribution < 1.29 is 9.90 Å². The number of aromatic nitrogens is 2. The van der Waals surface area contributed by atoms with Crippen molar-refractivity contribution in [3.63, 3.8) is 0 Å². The van der Waals surface area contributed by atoms with E-state index in [2.05, 4.69) is 9.97 Å². The first-order valence-corrected chi connectivity index (χ1v) is 6.78. The molecule has 1 aromatic rings. The zero-order valence-corrected chi connectivity index (χ0v) is 11.6. The van der Waals surface area contributed by atoms with Gasteiger partial charge >= 0.3 is 5.97 Å². The van der Waals surface area contributed by atoms with Crippen LogP contribution in [0.25, 0.3) is 0 Å². The van der Waals surface area contributed by atoms with Crippen LogP contribution < -0.4 is 4.90 Å². The molecule has 0 bridgehead atoms. The molecule has 1 fully saturated rings. The third kappa shape index (κ3) is 3.03. The maximum absolute atomic E-state index is 11.2. The van der Waals surface area contributed by atoms with Crippen molar-refractivity contribution in [2.45, 2.75) is 51.0 Å². The Bertz CT molecular complexity index is 439. The molecule has 1 heterocycles. The minimum Gasteiger partial charge on any atom is -0.481 e. The summed E-state index contributed by atoms with van der Waals surface area (Å²) in [7, 11) is 1.92. The van der Waals surface area contributed by atoms with Crippen LogP contribution in [-0.2, 0) is 4.79 Å². The minimum absolute atomic E-state index is 0.154. The van der Waals surface area contributed by atoms with Gasteiger partial charge in [-0.3, -0.25) is 4.79 Å². The van der Waals surface area contributed by atoms with Gasteiger partial charge in [0, 0.05) is 19.4 Å². The largest absolute Gasteiger partial charge is 0.481 e. The average molecular weight is 263 g/mol. The number of anilines is 1. The number of hydrogen-bond acceptors (Lipinski definition) is 4. The van der Waals surface area contributed by atoms with E-state index in [-0.39, 0.29) is 12.0 Å². The van der Waals surface area contributed by atoms with Gasteiger partial charge in [0.05, 0.1) is 12.0 Å². The van der Waals surface area contributed by atoms with Crippen molar-refractivity contribution >= 4 is 11.9 Å². The molecule has 0 unspecified atom stereocenters. The summed E-state index contributed by atoms with van der Waals surface area (Å²) in [6.45, 7) is 1.94. The third-order valence-corrected chi connectivity index (χ3v) is 4.04. The maximum Gasteiger partial charge on any atom is 0.305 e. The first-order chi connectivity index (χ1) is 9.03. The van der Waals surface area contributed by atoms with Crippen molar-refractivity contribution in [1.82, 2.24) is 9.97 Å². The van der Waals surface area contributed by atoms with Crippen molar-refractivity contribution in [2.24, 2.45) is 0 Å². The predicted octanol–water partition coefficient (Wildman–Crippen LogP) is 2.40. The molecule has 0 atom stereocenters. The molecule has 1 aliphatic rings. The summed E-state index contributed by atoms with van der Waals surface area (Å²) in [4.78, 5) is 21.8. The molecule has 0 saturated heterocycles. The average Bonchev–Trinajstić information content (AvgIpc) is 2.39. The van der Waals surface area contributed by atoms with E-state index in [9.17, 15) is 9.90 Å². The molecule has 1 aromatic heterocycles.